The highest BCUT2D eigenvalue weighted by Gasteiger charge is 2.31. The van der Waals surface area contributed by atoms with E-state index in [2.05, 4.69) is 10.3 Å². The molecule has 40 heavy (non-hydrogen) atoms. The summed E-state index contributed by atoms with van der Waals surface area (Å²) in [6, 6.07) is 8.50. The maximum absolute atomic E-state index is 14.3. The van der Waals surface area contributed by atoms with Gasteiger partial charge in [-0.15, -0.1) is 0 Å². The standard InChI is InChI=1S/C24H19Cl2F4N3O6S/c1-33(23(35)20-17(26)3-2-4-18(20)27)21-19(39-12-24(28,29)30)10-14(11-32-21)15-9-13(5-6-16(15)25)22(34)31-7-8-40(36,37)38/h2-6,9-11H,7-8,12H2,1H3,(H,31,34)(H,36,37,38). The summed E-state index contributed by atoms with van der Waals surface area (Å²) >= 11 is 12.2. The van der Waals surface area contributed by atoms with Gasteiger partial charge in [-0.05, 0) is 36.4 Å². The first kappa shape index (κ1) is 31.1. The number of anilines is 1. The molecular formula is C24H19Cl2F4N3O6S. The molecule has 0 fully saturated rings. The third-order valence-corrected chi connectivity index (χ3v) is 6.57. The molecule has 16 heteroatoms. The van der Waals surface area contributed by atoms with Crippen LogP contribution in [0.4, 0.5) is 23.4 Å². The minimum Gasteiger partial charge on any atom is -0.480 e. The molecule has 0 bridgehead atoms. The molecule has 0 spiro atoms. The molecule has 2 aromatic carbocycles. The number of carbonyl (C=O) groups is 2. The molecule has 1 heterocycles. The zero-order valence-electron chi connectivity index (χ0n) is 20.3. The van der Waals surface area contributed by atoms with Crippen LogP contribution in [0.1, 0.15) is 20.7 Å². The van der Waals surface area contributed by atoms with E-state index < -0.39 is 70.0 Å². The lowest BCUT2D eigenvalue weighted by molar-refractivity contribution is -0.153. The van der Waals surface area contributed by atoms with E-state index in [9.17, 15) is 35.6 Å². The minimum absolute atomic E-state index is 0.00179. The molecule has 3 aromatic rings. The van der Waals surface area contributed by atoms with Crippen molar-refractivity contribution in [2.75, 3.05) is 30.9 Å². The maximum atomic E-state index is 14.3. The highest BCUT2D eigenvalue weighted by Crippen LogP contribution is 2.36. The predicted molar refractivity (Wildman–Crippen MR) is 139 cm³/mol. The Hall–Kier alpha value is -3.46. The van der Waals surface area contributed by atoms with Gasteiger partial charge in [-0.1, -0.05) is 29.3 Å². The fourth-order valence-corrected chi connectivity index (χ4v) is 4.18. The molecule has 0 radical (unpaired) electrons. The van der Waals surface area contributed by atoms with Crippen molar-refractivity contribution in [3.63, 3.8) is 0 Å². The van der Waals surface area contributed by atoms with Gasteiger partial charge in [0.25, 0.3) is 21.9 Å². The second kappa shape index (κ2) is 12.4. The van der Waals surface area contributed by atoms with Gasteiger partial charge >= 0.3 is 6.18 Å². The summed E-state index contributed by atoms with van der Waals surface area (Å²) in [5, 5.41) is 2.12. The molecule has 0 saturated heterocycles. The number of nitrogens with one attached hydrogen (secondary N) is 1. The molecule has 0 aliphatic rings. The van der Waals surface area contributed by atoms with Crippen LogP contribution in [0.2, 0.25) is 10.0 Å². The van der Waals surface area contributed by atoms with E-state index in [1.165, 1.54) is 30.3 Å². The van der Waals surface area contributed by atoms with Gasteiger partial charge in [0.05, 0.1) is 16.3 Å². The van der Waals surface area contributed by atoms with Crippen molar-refractivity contribution in [3.05, 3.63) is 75.7 Å². The Morgan fingerprint density at radius 3 is 2.45 bits per heavy atom. The van der Waals surface area contributed by atoms with Crippen LogP contribution in [0.3, 0.4) is 0 Å². The Labute approximate surface area is 235 Å². The Morgan fingerprint density at radius 1 is 1.12 bits per heavy atom. The molecule has 0 aliphatic heterocycles. The third-order valence-electron chi connectivity index (χ3n) is 5.21. The molecule has 2 N–H and O–H groups in total. The van der Waals surface area contributed by atoms with Gasteiger partial charge in [0, 0.05) is 41.5 Å². The Balaban J connectivity index is 2.01. The fraction of sp³-hybridized carbons (Fsp3) is 0.208. The van der Waals surface area contributed by atoms with E-state index in [1.54, 1.807) is 0 Å². The van der Waals surface area contributed by atoms with Crippen LogP contribution in [0.5, 0.6) is 5.75 Å². The molecule has 0 atom stereocenters. The van der Waals surface area contributed by atoms with Crippen LogP contribution >= 0.6 is 23.2 Å². The third kappa shape index (κ3) is 8.03. The number of amides is 2. The lowest BCUT2D eigenvalue weighted by Gasteiger charge is -2.21. The molecular weight excluding hydrogens is 605 g/mol. The zero-order chi connectivity index (χ0) is 29.8. The topological polar surface area (TPSA) is 126 Å². The number of benzene rings is 2. The SMILES string of the molecule is CN(C(=O)c1c(F)cccc1Cl)c1ncc(-c2cc(C(=O)NCCS(=O)(=O)O)ccc2Cl)cc1OCC(F)(F)F. The first-order valence-corrected chi connectivity index (χ1v) is 13.4. The van der Waals surface area contributed by atoms with E-state index >= 15 is 0 Å². The number of hydrogen-bond acceptors (Lipinski definition) is 6. The average molecular weight is 624 g/mol. The average Bonchev–Trinajstić information content (AvgIpc) is 2.85. The largest absolute Gasteiger partial charge is 0.480 e. The molecule has 1 aromatic heterocycles. The molecule has 0 unspecified atom stereocenters. The second-order valence-electron chi connectivity index (χ2n) is 8.15. The monoisotopic (exact) mass is 623 g/mol. The Morgan fingerprint density at radius 2 is 1.82 bits per heavy atom. The summed E-state index contributed by atoms with van der Waals surface area (Å²) in [7, 11) is -3.18. The fourth-order valence-electron chi connectivity index (χ4n) is 3.35. The normalized spacial score (nSPS) is 11.7. The highest BCUT2D eigenvalue weighted by molar-refractivity contribution is 7.85. The summed E-state index contributed by atoms with van der Waals surface area (Å²) in [6.07, 6.45) is -3.62. The van der Waals surface area contributed by atoms with Gasteiger partial charge in [0.2, 0.25) is 0 Å². The number of alkyl halides is 3. The quantitative estimate of drug-likeness (QED) is 0.253. The van der Waals surface area contributed by atoms with Crippen molar-refractivity contribution < 1.29 is 44.9 Å². The van der Waals surface area contributed by atoms with Crippen LogP contribution in [-0.4, -0.2) is 61.9 Å². The van der Waals surface area contributed by atoms with Gasteiger partial charge in [0.1, 0.15) is 5.82 Å². The summed E-state index contributed by atoms with van der Waals surface area (Å²) < 4.78 is 88.8. The van der Waals surface area contributed by atoms with Gasteiger partial charge < -0.3 is 10.1 Å². The van der Waals surface area contributed by atoms with Crippen molar-refractivity contribution >= 4 is 51.0 Å². The summed E-state index contributed by atoms with van der Waals surface area (Å²) in [5.41, 5.74) is -0.317. The number of hydrogen-bond donors (Lipinski definition) is 2. The van der Waals surface area contributed by atoms with E-state index in [0.717, 1.165) is 30.3 Å². The lowest BCUT2D eigenvalue weighted by atomic mass is 10.0. The van der Waals surface area contributed by atoms with Crippen molar-refractivity contribution in [1.29, 1.82) is 0 Å². The highest BCUT2D eigenvalue weighted by atomic mass is 35.5. The summed E-state index contributed by atoms with van der Waals surface area (Å²) in [4.78, 5) is 30.2. The minimum atomic E-state index is -4.76. The molecule has 0 saturated carbocycles. The first-order chi connectivity index (χ1) is 18.6. The number of ether oxygens (including phenoxy) is 1. The lowest BCUT2D eigenvalue weighted by Crippen LogP contribution is -2.29. The number of aromatic nitrogens is 1. The molecule has 3 rings (SSSR count). The second-order valence-corrected chi connectivity index (χ2v) is 10.5. The number of halogens is 6. The number of carbonyl (C=O) groups excluding carboxylic acids is 2. The van der Waals surface area contributed by atoms with Crippen molar-refractivity contribution in [3.8, 4) is 16.9 Å². The summed E-state index contributed by atoms with van der Waals surface area (Å²) in [6.45, 7) is -2.15. The zero-order valence-corrected chi connectivity index (χ0v) is 22.6. The number of nitrogens with zero attached hydrogens (tertiary/aromatic N) is 2. The maximum Gasteiger partial charge on any atom is 0.422 e. The Kier molecular flexibility index (Phi) is 9.61. The van der Waals surface area contributed by atoms with Crippen molar-refractivity contribution in [2.45, 2.75) is 6.18 Å². The molecule has 2 amide bonds. The van der Waals surface area contributed by atoms with Crippen LogP contribution < -0.4 is 15.0 Å². The van der Waals surface area contributed by atoms with Crippen LogP contribution in [-0.2, 0) is 10.1 Å². The molecule has 214 valence electrons. The van der Waals surface area contributed by atoms with Crippen molar-refractivity contribution in [2.24, 2.45) is 0 Å². The van der Waals surface area contributed by atoms with Gasteiger partial charge in [0.15, 0.2) is 18.2 Å². The van der Waals surface area contributed by atoms with E-state index in [1.807, 2.05) is 0 Å². The van der Waals surface area contributed by atoms with Gasteiger partial charge in [-0.2, -0.15) is 21.6 Å². The summed E-state index contributed by atoms with van der Waals surface area (Å²) in [5.74, 6) is -4.34. The molecule has 0 aliphatic carbocycles. The number of rotatable bonds is 9. The smallest absolute Gasteiger partial charge is 0.422 e. The van der Waals surface area contributed by atoms with Crippen LogP contribution in [0.15, 0.2) is 48.7 Å². The Bertz CT molecular complexity index is 1530. The van der Waals surface area contributed by atoms with E-state index in [0.29, 0.717) is 0 Å². The van der Waals surface area contributed by atoms with Gasteiger partial charge in [-0.3, -0.25) is 19.0 Å². The number of pyridine rings is 1. The predicted octanol–water partition coefficient (Wildman–Crippen LogP) is 5.03. The van der Waals surface area contributed by atoms with E-state index in [4.69, 9.17) is 32.5 Å². The molecule has 9 nitrogen and oxygen atoms in total. The van der Waals surface area contributed by atoms with Crippen molar-refractivity contribution in [1.82, 2.24) is 10.3 Å². The van der Waals surface area contributed by atoms with Crippen LogP contribution in [0.25, 0.3) is 11.1 Å². The van der Waals surface area contributed by atoms with E-state index in [-0.39, 0.29) is 26.7 Å². The van der Waals surface area contributed by atoms with Gasteiger partial charge in [-0.25, -0.2) is 9.37 Å². The first-order valence-electron chi connectivity index (χ1n) is 11.0. The van der Waals surface area contributed by atoms with Crippen LogP contribution in [0, 0.1) is 5.82 Å².